The van der Waals surface area contributed by atoms with E-state index in [0.29, 0.717) is 45.5 Å². The minimum Gasteiger partial charge on any atom is -0.490 e. The van der Waals surface area contributed by atoms with E-state index >= 15 is 0 Å². The quantitative estimate of drug-likeness (QED) is 0.340. The molecule has 1 aliphatic heterocycles. The molecule has 1 aliphatic rings. The van der Waals surface area contributed by atoms with Gasteiger partial charge in [-0.3, -0.25) is 4.79 Å². The highest BCUT2D eigenvalue weighted by Crippen LogP contribution is 2.38. The van der Waals surface area contributed by atoms with Crippen molar-refractivity contribution >= 4 is 51.2 Å². The summed E-state index contributed by atoms with van der Waals surface area (Å²) in [6.45, 7) is 6.26. The van der Waals surface area contributed by atoms with Gasteiger partial charge in [-0.1, -0.05) is 30.3 Å². The predicted octanol–water partition coefficient (Wildman–Crippen LogP) is 5.16. The zero-order valence-electron chi connectivity index (χ0n) is 15.6. The minimum absolute atomic E-state index is 0.143. The van der Waals surface area contributed by atoms with Crippen LogP contribution in [-0.2, 0) is 4.79 Å². The molecule has 0 spiro atoms. The van der Waals surface area contributed by atoms with Gasteiger partial charge in [0.2, 0.25) is 0 Å². The van der Waals surface area contributed by atoms with Crippen LogP contribution in [0.5, 0.6) is 11.5 Å². The van der Waals surface area contributed by atoms with Crippen molar-refractivity contribution in [1.82, 2.24) is 5.32 Å². The Morgan fingerprint density at radius 3 is 2.72 bits per heavy atom. The van der Waals surface area contributed by atoms with E-state index in [9.17, 15) is 9.59 Å². The Balaban J connectivity index is 1.94. The number of hydrogen-bond acceptors (Lipinski definition) is 4. The van der Waals surface area contributed by atoms with Gasteiger partial charge in [-0.2, -0.15) is 0 Å². The van der Waals surface area contributed by atoms with Crippen LogP contribution in [0.15, 0.2) is 59.2 Å². The monoisotopic (exact) mass is 476 g/mol. The van der Waals surface area contributed by atoms with Gasteiger partial charge in [0.1, 0.15) is 12.3 Å². The third kappa shape index (κ3) is 4.63. The molecule has 8 heteroatoms. The van der Waals surface area contributed by atoms with Crippen molar-refractivity contribution < 1.29 is 19.1 Å². The summed E-state index contributed by atoms with van der Waals surface area (Å²) in [5.41, 5.74) is 1.19. The first-order chi connectivity index (χ1) is 13.9. The lowest BCUT2D eigenvalue weighted by Gasteiger charge is -2.14. The van der Waals surface area contributed by atoms with Crippen LogP contribution in [0.25, 0.3) is 6.08 Å². The summed E-state index contributed by atoms with van der Waals surface area (Å²) in [5, 5.41) is 3.03. The molecule has 1 heterocycles. The zero-order valence-corrected chi connectivity index (χ0v) is 17.9. The molecular formula is C21H18BrClN2O4. The van der Waals surface area contributed by atoms with Crippen LogP contribution in [0, 0.1) is 0 Å². The number of nitrogens with one attached hydrogen (secondary N) is 1. The average Bonchev–Trinajstić information content (AvgIpc) is 2.94. The molecule has 29 heavy (non-hydrogen) atoms. The number of halogens is 2. The first-order valence-electron chi connectivity index (χ1n) is 8.77. The van der Waals surface area contributed by atoms with Crippen LogP contribution in [0.1, 0.15) is 12.5 Å². The van der Waals surface area contributed by atoms with Gasteiger partial charge in [0.25, 0.3) is 5.91 Å². The molecule has 0 aliphatic carbocycles. The number of amides is 3. The summed E-state index contributed by atoms with van der Waals surface area (Å²) >= 11 is 9.44. The Kier molecular flexibility index (Phi) is 6.61. The van der Waals surface area contributed by atoms with Crippen molar-refractivity contribution in [2.24, 2.45) is 0 Å². The topological polar surface area (TPSA) is 67.9 Å². The fourth-order valence-electron chi connectivity index (χ4n) is 2.77. The molecule has 0 radical (unpaired) electrons. The molecule has 1 fully saturated rings. The van der Waals surface area contributed by atoms with E-state index < -0.39 is 11.9 Å². The van der Waals surface area contributed by atoms with Crippen molar-refractivity contribution in [3.05, 3.63) is 69.8 Å². The number of benzene rings is 2. The fraction of sp³-hybridized carbons (Fsp3) is 0.143. The van der Waals surface area contributed by atoms with E-state index in [1.54, 1.807) is 48.6 Å². The molecule has 0 saturated carbocycles. The highest BCUT2D eigenvalue weighted by atomic mass is 79.9. The molecule has 3 rings (SSSR count). The second-order valence-electron chi connectivity index (χ2n) is 5.97. The van der Waals surface area contributed by atoms with Crippen molar-refractivity contribution in [3.63, 3.8) is 0 Å². The second-order valence-corrected chi connectivity index (χ2v) is 7.26. The highest BCUT2D eigenvalue weighted by molar-refractivity contribution is 9.10. The molecule has 150 valence electrons. The van der Waals surface area contributed by atoms with Gasteiger partial charge < -0.3 is 14.8 Å². The fourth-order valence-corrected chi connectivity index (χ4v) is 3.53. The Bertz CT molecular complexity index is 1010. The van der Waals surface area contributed by atoms with Crippen molar-refractivity contribution in [3.8, 4) is 11.5 Å². The van der Waals surface area contributed by atoms with E-state index in [1.807, 2.05) is 6.92 Å². The molecule has 2 aromatic rings. The third-order valence-electron chi connectivity index (χ3n) is 3.93. The van der Waals surface area contributed by atoms with Gasteiger partial charge in [-0.15, -0.1) is 0 Å². The SMILES string of the molecule is C=CCOc1c(Br)cc(C=C2NC(=O)N(c3cccc(Cl)c3)C2=O)cc1OCC. The number of rotatable bonds is 7. The standard InChI is InChI=1S/C21H18BrClN2O4/c1-3-8-29-19-16(22)9-13(11-18(19)28-4-2)10-17-20(26)25(21(27)24-17)15-7-5-6-14(23)12-15/h3,5-7,9-12H,1,4,8H2,2H3,(H,24,27). The second kappa shape index (κ2) is 9.15. The molecule has 0 atom stereocenters. The van der Waals surface area contributed by atoms with Gasteiger partial charge in [0, 0.05) is 5.02 Å². The van der Waals surface area contributed by atoms with Gasteiger partial charge in [0.15, 0.2) is 11.5 Å². The van der Waals surface area contributed by atoms with Crippen LogP contribution < -0.4 is 19.7 Å². The zero-order chi connectivity index (χ0) is 21.0. The van der Waals surface area contributed by atoms with E-state index in [2.05, 4.69) is 27.8 Å². The van der Waals surface area contributed by atoms with Gasteiger partial charge in [-0.25, -0.2) is 9.69 Å². The molecule has 0 bridgehead atoms. The first kappa shape index (κ1) is 21.0. The molecular weight excluding hydrogens is 460 g/mol. The van der Waals surface area contributed by atoms with E-state index in [1.165, 1.54) is 0 Å². The summed E-state index contributed by atoms with van der Waals surface area (Å²) in [4.78, 5) is 26.2. The van der Waals surface area contributed by atoms with Gasteiger partial charge in [-0.05, 0) is 64.8 Å². The third-order valence-corrected chi connectivity index (χ3v) is 4.76. The lowest BCUT2D eigenvalue weighted by molar-refractivity contribution is -0.113. The smallest absolute Gasteiger partial charge is 0.333 e. The van der Waals surface area contributed by atoms with E-state index in [4.69, 9.17) is 21.1 Å². The first-order valence-corrected chi connectivity index (χ1v) is 9.94. The molecule has 1 N–H and O–H groups in total. The average molecular weight is 478 g/mol. The Hall–Kier alpha value is -2.77. The Morgan fingerprint density at radius 1 is 1.24 bits per heavy atom. The summed E-state index contributed by atoms with van der Waals surface area (Å²) in [6.07, 6.45) is 3.21. The summed E-state index contributed by atoms with van der Waals surface area (Å²) in [6, 6.07) is 9.50. The molecule has 1 saturated heterocycles. The summed E-state index contributed by atoms with van der Waals surface area (Å²) in [5.74, 6) is 0.577. The maximum atomic E-state index is 12.8. The Labute approximate surface area is 181 Å². The summed E-state index contributed by atoms with van der Waals surface area (Å²) < 4.78 is 12.0. The summed E-state index contributed by atoms with van der Waals surface area (Å²) in [7, 11) is 0. The number of carbonyl (C=O) groups excluding carboxylic acids is 2. The van der Waals surface area contributed by atoms with Gasteiger partial charge in [0.05, 0.1) is 16.8 Å². The van der Waals surface area contributed by atoms with E-state index in [-0.39, 0.29) is 5.70 Å². The molecule has 0 aromatic heterocycles. The number of hydrogen-bond donors (Lipinski definition) is 1. The molecule has 3 amide bonds. The largest absolute Gasteiger partial charge is 0.490 e. The number of ether oxygens (including phenoxy) is 2. The van der Waals surface area contributed by atoms with Crippen LogP contribution >= 0.6 is 27.5 Å². The lowest BCUT2D eigenvalue weighted by atomic mass is 10.1. The number of anilines is 1. The van der Waals surface area contributed by atoms with Gasteiger partial charge >= 0.3 is 6.03 Å². The Morgan fingerprint density at radius 2 is 2.03 bits per heavy atom. The maximum Gasteiger partial charge on any atom is 0.333 e. The maximum absolute atomic E-state index is 12.8. The van der Waals surface area contributed by atoms with Crippen LogP contribution in [0.4, 0.5) is 10.5 Å². The minimum atomic E-state index is -0.543. The van der Waals surface area contributed by atoms with Crippen LogP contribution in [-0.4, -0.2) is 25.2 Å². The van der Waals surface area contributed by atoms with Crippen molar-refractivity contribution in [2.45, 2.75) is 6.92 Å². The lowest BCUT2D eigenvalue weighted by Crippen LogP contribution is -2.30. The number of urea groups is 1. The number of nitrogens with zero attached hydrogens (tertiary/aromatic N) is 1. The van der Waals surface area contributed by atoms with Crippen LogP contribution in [0.2, 0.25) is 5.02 Å². The molecule has 2 aromatic carbocycles. The van der Waals surface area contributed by atoms with E-state index in [0.717, 1.165) is 4.90 Å². The number of imide groups is 1. The van der Waals surface area contributed by atoms with Crippen LogP contribution in [0.3, 0.4) is 0 Å². The number of carbonyl (C=O) groups is 2. The van der Waals surface area contributed by atoms with Crippen molar-refractivity contribution in [2.75, 3.05) is 18.1 Å². The predicted molar refractivity (Wildman–Crippen MR) is 116 cm³/mol. The molecule has 0 unspecified atom stereocenters. The highest BCUT2D eigenvalue weighted by Gasteiger charge is 2.35. The normalized spacial score (nSPS) is 14.9. The molecule has 6 nitrogen and oxygen atoms in total. The van der Waals surface area contributed by atoms with Crippen molar-refractivity contribution in [1.29, 1.82) is 0 Å².